The average Bonchev–Trinajstić information content (AvgIpc) is 2.82. The standard InChI is InChI=1S/C12H13N3O2/c1-8-6-9(2-3-11(8)13)12(16)14-7-10-4-5-17-15-10/h2-6H,7,13H2,1H3,(H,14,16). The zero-order valence-corrected chi connectivity index (χ0v) is 9.43. The molecular weight excluding hydrogens is 218 g/mol. The van der Waals surface area contributed by atoms with Crippen LogP contribution in [0.4, 0.5) is 5.69 Å². The average molecular weight is 231 g/mol. The van der Waals surface area contributed by atoms with Crippen LogP contribution in [0.25, 0.3) is 0 Å². The highest BCUT2D eigenvalue weighted by Gasteiger charge is 2.07. The minimum atomic E-state index is -0.156. The van der Waals surface area contributed by atoms with Crippen molar-refractivity contribution in [2.45, 2.75) is 13.5 Å². The molecule has 1 aromatic heterocycles. The predicted octanol–water partition coefficient (Wildman–Crippen LogP) is 1.50. The molecule has 1 heterocycles. The number of nitrogen functional groups attached to an aromatic ring is 1. The van der Waals surface area contributed by atoms with Gasteiger partial charge in [0.1, 0.15) is 12.0 Å². The lowest BCUT2D eigenvalue weighted by Gasteiger charge is -2.05. The van der Waals surface area contributed by atoms with E-state index >= 15 is 0 Å². The number of carbonyl (C=O) groups excluding carboxylic acids is 1. The number of hydrogen-bond acceptors (Lipinski definition) is 4. The van der Waals surface area contributed by atoms with Gasteiger partial charge in [-0.1, -0.05) is 5.16 Å². The number of rotatable bonds is 3. The normalized spacial score (nSPS) is 10.2. The molecule has 1 amide bonds. The van der Waals surface area contributed by atoms with Crippen LogP contribution in [0.3, 0.4) is 0 Å². The van der Waals surface area contributed by atoms with Gasteiger partial charge in [-0.15, -0.1) is 0 Å². The Hall–Kier alpha value is -2.30. The van der Waals surface area contributed by atoms with E-state index in [4.69, 9.17) is 5.73 Å². The Morgan fingerprint density at radius 1 is 1.47 bits per heavy atom. The summed E-state index contributed by atoms with van der Waals surface area (Å²) in [7, 11) is 0. The van der Waals surface area contributed by atoms with Crippen LogP contribution in [0.5, 0.6) is 0 Å². The van der Waals surface area contributed by atoms with E-state index in [1.807, 2.05) is 6.92 Å². The summed E-state index contributed by atoms with van der Waals surface area (Å²) in [5.41, 5.74) is 8.52. The molecule has 17 heavy (non-hydrogen) atoms. The lowest BCUT2D eigenvalue weighted by Crippen LogP contribution is -2.23. The summed E-state index contributed by atoms with van der Waals surface area (Å²) in [6, 6.07) is 6.88. The van der Waals surface area contributed by atoms with Gasteiger partial charge in [0.15, 0.2) is 0 Å². The van der Waals surface area contributed by atoms with Crippen LogP contribution in [0.2, 0.25) is 0 Å². The van der Waals surface area contributed by atoms with E-state index in [-0.39, 0.29) is 5.91 Å². The number of hydrogen-bond donors (Lipinski definition) is 2. The Balaban J connectivity index is 2.02. The second-order valence-corrected chi connectivity index (χ2v) is 3.74. The van der Waals surface area contributed by atoms with Gasteiger partial charge in [0.05, 0.1) is 6.54 Å². The number of aryl methyl sites for hydroxylation is 1. The third-order valence-electron chi connectivity index (χ3n) is 2.45. The first kappa shape index (κ1) is 11.2. The minimum absolute atomic E-state index is 0.156. The molecule has 0 bridgehead atoms. The van der Waals surface area contributed by atoms with Crippen molar-refractivity contribution in [1.82, 2.24) is 10.5 Å². The first-order valence-electron chi connectivity index (χ1n) is 5.20. The Labute approximate surface area is 98.6 Å². The molecule has 88 valence electrons. The second kappa shape index (κ2) is 4.69. The molecule has 0 aliphatic carbocycles. The smallest absolute Gasteiger partial charge is 0.251 e. The monoisotopic (exact) mass is 231 g/mol. The Kier molecular flexibility index (Phi) is 3.09. The molecular formula is C12H13N3O2. The fraction of sp³-hybridized carbons (Fsp3) is 0.167. The number of carbonyl (C=O) groups is 1. The maximum atomic E-state index is 11.8. The molecule has 2 rings (SSSR count). The van der Waals surface area contributed by atoms with Gasteiger partial charge in [0, 0.05) is 17.3 Å². The number of nitrogens with zero attached hydrogens (tertiary/aromatic N) is 1. The number of nitrogens with one attached hydrogen (secondary N) is 1. The van der Waals surface area contributed by atoms with Crippen molar-refractivity contribution in [3.05, 3.63) is 47.3 Å². The topological polar surface area (TPSA) is 81.2 Å². The van der Waals surface area contributed by atoms with Crippen LogP contribution < -0.4 is 11.1 Å². The minimum Gasteiger partial charge on any atom is -0.399 e. The maximum Gasteiger partial charge on any atom is 0.251 e. The van der Waals surface area contributed by atoms with Gasteiger partial charge in [-0.25, -0.2) is 0 Å². The fourth-order valence-corrected chi connectivity index (χ4v) is 1.42. The molecule has 2 aromatic rings. The quantitative estimate of drug-likeness (QED) is 0.784. The zero-order chi connectivity index (χ0) is 12.3. The van der Waals surface area contributed by atoms with Gasteiger partial charge in [-0.05, 0) is 30.7 Å². The summed E-state index contributed by atoms with van der Waals surface area (Å²) in [6.45, 7) is 2.21. The van der Waals surface area contributed by atoms with E-state index < -0.39 is 0 Å². The van der Waals surface area contributed by atoms with Crippen LogP contribution in [0.15, 0.2) is 35.1 Å². The zero-order valence-electron chi connectivity index (χ0n) is 9.43. The van der Waals surface area contributed by atoms with Gasteiger partial charge in [-0.2, -0.15) is 0 Å². The van der Waals surface area contributed by atoms with Crippen LogP contribution in [-0.2, 0) is 6.54 Å². The molecule has 0 saturated heterocycles. The van der Waals surface area contributed by atoms with Crippen LogP contribution in [0, 0.1) is 6.92 Å². The summed E-state index contributed by atoms with van der Waals surface area (Å²) in [5, 5.41) is 6.45. The molecule has 1 aromatic carbocycles. The Morgan fingerprint density at radius 3 is 2.94 bits per heavy atom. The first-order valence-corrected chi connectivity index (χ1v) is 5.20. The van der Waals surface area contributed by atoms with E-state index in [0.717, 1.165) is 5.56 Å². The highest BCUT2D eigenvalue weighted by molar-refractivity contribution is 5.94. The number of nitrogens with two attached hydrogens (primary N) is 1. The summed E-state index contributed by atoms with van der Waals surface area (Å²) in [6.07, 6.45) is 1.47. The van der Waals surface area contributed by atoms with E-state index in [1.54, 1.807) is 24.3 Å². The predicted molar refractivity (Wildman–Crippen MR) is 63.3 cm³/mol. The Bertz CT molecular complexity index is 521. The number of anilines is 1. The Morgan fingerprint density at radius 2 is 2.29 bits per heavy atom. The lowest BCUT2D eigenvalue weighted by atomic mass is 10.1. The fourth-order valence-electron chi connectivity index (χ4n) is 1.42. The van der Waals surface area contributed by atoms with Gasteiger partial charge in [0.25, 0.3) is 5.91 Å². The third kappa shape index (κ3) is 2.63. The first-order chi connectivity index (χ1) is 8.16. The van der Waals surface area contributed by atoms with Crippen LogP contribution in [0.1, 0.15) is 21.6 Å². The molecule has 0 radical (unpaired) electrons. The van der Waals surface area contributed by atoms with E-state index in [0.29, 0.717) is 23.5 Å². The van der Waals surface area contributed by atoms with Crippen molar-refractivity contribution in [2.75, 3.05) is 5.73 Å². The SMILES string of the molecule is Cc1cc(C(=O)NCc2ccon2)ccc1N. The highest BCUT2D eigenvalue weighted by Crippen LogP contribution is 2.12. The summed E-state index contributed by atoms with van der Waals surface area (Å²) < 4.78 is 4.67. The van der Waals surface area contributed by atoms with Gasteiger partial charge >= 0.3 is 0 Å². The number of aromatic nitrogens is 1. The maximum absolute atomic E-state index is 11.8. The van der Waals surface area contributed by atoms with Crippen molar-refractivity contribution in [1.29, 1.82) is 0 Å². The van der Waals surface area contributed by atoms with E-state index in [1.165, 1.54) is 6.26 Å². The molecule has 0 aliphatic heterocycles. The number of amides is 1. The summed E-state index contributed by atoms with van der Waals surface area (Å²) >= 11 is 0. The van der Waals surface area contributed by atoms with Crippen LogP contribution >= 0.6 is 0 Å². The molecule has 5 nitrogen and oxygen atoms in total. The van der Waals surface area contributed by atoms with E-state index in [9.17, 15) is 4.79 Å². The second-order valence-electron chi connectivity index (χ2n) is 3.74. The lowest BCUT2D eigenvalue weighted by molar-refractivity contribution is 0.0950. The van der Waals surface area contributed by atoms with Crippen molar-refractivity contribution in [3.8, 4) is 0 Å². The molecule has 3 N–H and O–H groups in total. The van der Waals surface area contributed by atoms with Crippen molar-refractivity contribution in [3.63, 3.8) is 0 Å². The van der Waals surface area contributed by atoms with Crippen molar-refractivity contribution >= 4 is 11.6 Å². The molecule has 0 aliphatic rings. The van der Waals surface area contributed by atoms with Gasteiger partial charge < -0.3 is 15.6 Å². The summed E-state index contributed by atoms with van der Waals surface area (Å²) in [5.74, 6) is -0.156. The van der Waals surface area contributed by atoms with Crippen molar-refractivity contribution in [2.24, 2.45) is 0 Å². The molecule has 0 atom stereocenters. The molecule has 5 heteroatoms. The largest absolute Gasteiger partial charge is 0.399 e. The van der Waals surface area contributed by atoms with Gasteiger partial charge in [0.2, 0.25) is 0 Å². The van der Waals surface area contributed by atoms with Gasteiger partial charge in [-0.3, -0.25) is 4.79 Å². The van der Waals surface area contributed by atoms with E-state index in [2.05, 4.69) is 15.0 Å². The third-order valence-corrected chi connectivity index (χ3v) is 2.45. The number of benzene rings is 1. The molecule has 0 unspecified atom stereocenters. The molecule has 0 fully saturated rings. The highest BCUT2D eigenvalue weighted by atomic mass is 16.5. The molecule has 0 spiro atoms. The summed E-state index contributed by atoms with van der Waals surface area (Å²) in [4.78, 5) is 11.8. The van der Waals surface area contributed by atoms with Crippen LogP contribution in [-0.4, -0.2) is 11.1 Å². The molecule has 0 saturated carbocycles. The van der Waals surface area contributed by atoms with Crippen molar-refractivity contribution < 1.29 is 9.32 Å².